The first-order valence-electron chi connectivity index (χ1n) is 6.43. The van der Waals surface area contributed by atoms with Crippen LogP contribution in [0.15, 0.2) is 48.5 Å². The molecule has 0 heterocycles. The molecule has 3 heteroatoms. The van der Waals surface area contributed by atoms with Crippen molar-refractivity contribution in [3.63, 3.8) is 0 Å². The van der Waals surface area contributed by atoms with Crippen molar-refractivity contribution < 1.29 is 4.74 Å². The maximum Gasteiger partial charge on any atom is 0.124 e. The molecular weight excluding hydrogens is 258 g/mol. The molecule has 0 amide bonds. The van der Waals surface area contributed by atoms with Crippen LogP contribution in [0.1, 0.15) is 24.1 Å². The SMILES string of the molecule is CCOc1ccccc1C(N)Cc1ccccc1Cl. The van der Waals surface area contributed by atoms with Crippen molar-refractivity contribution in [1.29, 1.82) is 0 Å². The van der Waals surface area contributed by atoms with Crippen molar-refractivity contribution in [2.75, 3.05) is 6.61 Å². The molecule has 100 valence electrons. The lowest BCUT2D eigenvalue weighted by molar-refractivity contribution is 0.334. The van der Waals surface area contributed by atoms with Crippen molar-refractivity contribution in [3.8, 4) is 5.75 Å². The van der Waals surface area contributed by atoms with Crippen LogP contribution >= 0.6 is 11.6 Å². The Balaban J connectivity index is 2.20. The van der Waals surface area contributed by atoms with E-state index in [0.717, 1.165) is 21.9 Å². The zero-order valence-electron chi connectivity index (χ0n) is 11.0. The second-order valence-electron chi connectivity index (χ2n) is 4.37. The second-order valence-corrected chi connectivity index (χ2v) is 4.78. The van der Waals surface area contributed by atoms with Crippen LogP contribution in [-0.4, -0.2) is 6.61 Å². The quantitative estimate of drug-likeness (QED) is 0.896. The van der Waals surface area contributed by atoms with Crippen molar-refractivity contribution in [1.82, 2.24) is 0 Å². The Hall–Kier alpha value is -1.51. The highest BCUT2D eigenvalue weighted by atomic mass is 35.5. The van der Waals surface area contributed by atoms with Gasteiger partial charge in [-0.3, -0.25) is 0 Å². The van der Waals surface area contributed by atoms with Gasteiger partial charge in [0, 0.05) is 16.6 Å². The number of nitrogens with two attached hydrogens (primary N) is 1. The van der Waals surface area contributed by atoms with Crippen molar-refractivity contribution in [2.45, 2.75) is 19.4 Å². The van der Waals surface area contributed by atoms with Gasteiger partial charge in [-0.15, -0.1) is 0 Å². The van der Waals surface area contributed by atoms with Crippen LogP contribution in [0.3, 0.4) is 0 Å². The minimum absolute atomic E-state index is 0.123. The molecule has 0 saturated heterocycles. The summed E-state index contributed by atoms with van der Waals surface area (Å²) in [5.41, 5.74) is 8.36. The van der Waals surface area contributed by atoms with Gasteiger partial charge in [-0.2, -0.15) is 0 Å². The van der Waals surface area contributed by atoms with Crippen LogP contribution in [0.25, 0.3) is 0 Å². The van der Waals surface area contributed by atoms with Crippen molar-refractivity contribution in [2.24, 2.45) is 5.73 Å². The molecule has 0 spiro atoms. The standard InChI is InChI=1S/C16H18ClNO/c1-2-19-16-10-6-4-8-13(16)15(18)11-12-7-3-5-9-14(12)17/h3-10,15H,2,11,18H2,1H3. The van der Waals surface area contributed by atoms with E-state index in [1.54, 1.807) is 0 Å². The van der Waals surface area contributed by atoms with E-state index >= 15 is 0 Å². The molecule has 2 aromatic rings. The highest BCUT2D eigenvalue weighted by molar-refractivity contribution is 6.31. The van der Waals surface area contributed by atoms with Crippen LogP contribution in [0, 0.1) is 0 Å². The van der Waals surface area contributed by atoms with E-state index in [9.17, 15) is 0 Å². The summed E-state index contributed by atoms with van der Waals surface area (Å²) in [5.74, 6) is 0.851. The lowest BCUT2D eigenvalue weighted by atomic mass is 9.99. The maximum absolute atomic E-state index is 6.29. The lowest BCUT2D eigenvalue weighted by Crippen LogP contribution is -2.15. The van der Waals surface area contributed by atoms with Gasteiger partial charge in [0.25, 0.3) is 0 Å². The second kappa shape index (κ2) is 6.60. The summed E-state index contributed by atoms with van der Waals surface area (Å²) >= 11 is 6.17. The summed E-state index contributed by atoms with van der Waals surface area (Å²) in [4.78, 5) is 0. The van der Waals surface area contributed by atoms with Gasteiger partial charge in [-0.05, 0) is 31.0 Å². The molecule has 2 N–H and O–H groups in total. The lowest BCUT2D eigenvalue weighted by Gasteiger charge is -2.17. The van der Waals surface area contributed by atoms with Gasteiger partial charge in [0.15, 0.2) is 0 Å². The smallest absolute Gasteiger partial charge is 0.124 e. The Labute approximate surface area is 119 Å². The molecule has 1 atom stereocenters. The first kappa shape index (κ1) is 13.9. The third-order valence-electron chi connectivity index (χ3n) is 3.02. The van der Waals surface area contributed by atoms with E-state index in [0.29, 0.717) is 13.0 Å². The summed E-state index contributed by atoms with van der Waals surface area (Å²) < 4.78 is 5.61. The topological polar surface area (TPSA) is 35.2 Å². The fraction of sp³-hybridized carbons (Fsp3) is 0.250. The molecule has 19 heavy (non-hydrogen) atoms. The molecule has 0 saturated carbocycles. The van der Waals surface area contributed by atoms with Crippen LogP contribution in [0.4, 0.5) is 0 Å². The van der Waals surface area contributed by atoms with Crippen molar-refractivity contribution >= 4 is 11.6 Å². The van der Waals surface area contributed by atoms with Gasteiger partial charge in [0.05, 0.1) is 6.61 Å². The van der Waals surface area contributed by atoms with Crippen LogP contribution in [0.2, 0.25) is 5.02 Å². The molecule has 2 rings (SSSR count). The third-order valence-corrected chi connectivity index (χ3v) is 3.38. The fourth-order valence-corrected chi connectivity index (χ4v) is 2.30. The Morgan fingerprint density at radius 2 is 1.79 bits per heavy atom. The van der Waals surface area contributed by atoms with Crippen LogP contribution < -0.4 is 10.5 Å². The zero-order valence-corrected chi connectivity index (χ0v) is 11.7. The first-order chi connectivity index (χ1) is 9.22. The predicted molar refractivity (Wildman–Crippen MR) is 79.7 cm³/mol. The Bertz CT molecular complexity index is 542. The highest BCUT2D eigenvalue weighted by Crippen LogP contribution is 2.28. The Morgan fingerprint density at radius 3 is 2.53 bits per heavy atom. The van der Waals surface area contributed by atoms with E-state index in [-0.39, 0.29) is 6.04 Å². The number of para-hydroxylation sites is 1. The average Bonchev–Trinajstić information content (AvgIpc) is 2.42. The van der Waals surface area contributed by atoms with Crippen LogP contribution in [0.5, 0.6) is 5.75 Å². The summed E-state index contributed by atoms with van der Waals surface area (Å²) in [6.07, 6.45) is 0.698. The van der Waals surface area contributed by atoms with Gasteiger partial charge in [0.1, 0.15) is 5.75 Å². The molecule has 2 nitrogen and oxygen atoms in total. The number of hydrogen-bond acceptors (Lipinski definition) is 2. The van der Waals surface area contributed by atoms with E-state index in [1.165, 1.54) is 0 Å². The summed E-state index contributed by atoms with van der Waals surface area (Å²) in [6.45, 7) is 2.60. The number of benzene rings is 2. The van der Waals surface area contributed by atoms with E-state index < -0.39 is 0 Å². The summed E-state index contributed by atoms with van der Waals surface area (Å²) in [6, 6.07) is 15.6. The van der Waals surface area contributed by atoms with E-state index in [1.807, 2.05) is 55.5 Å². The third kappa shape index (κ3) is 3.49. The van der Waals surface area contributed by atoms with E-state index in [2.05, 4.69) is 0 Å². The average molecular weight is 276 g/mol. The molecule has 1 unspecified atom stereocenters. The van der Waals surface area contributed by atoms with E-state index in [4.69, 9.17) is 22.1 Å². The molecule has 0 radical (unpaired) electrons. The number of rotatable bonds is 5. The molecule has 0 fully saturated rings. The van der Waals surface area contributed by atoms with Gasteiger partial charge in [-0.1, -0.05) is 48.0 Å². The predicted octanol–water partition coefficient (Wildman–Crippen LogP) is 3.98. The fourth-order valence-electron chi connectivity index (χ4n) is 2.08. The zero-order chi connectivity index (χ0) is 13.7. The molecule has 0 aliphatic carbocycles. The highest BCUT2D eigenvalue weighted by Gasteiger charge is 2.13. The molecule has 0 bridgehead atoms. The Morgan fingerprint density at radius 1 is 1.11 bits per heavy atom. The van der Waals surface area contributed by atoms with Gasteiger partial charge < -0.3 is 10.5 Å². The number of hydrogen-bond donors (Lipinski definition) is 1. The largest absolute Gasteiger partial charge is 0.494 e. The molecule has 0 aliphatic rings. The number of ether oxygens (including phenoxy) is 1. The normalized spacial score (nSPS) is 12.2. The minimum Gasteiger partial charge on any atom is -0.494 e. The Kier molecular flexibility index (Phi) is 4.83. The summed E-state index contributed by atoms with van der Waals surface area (Å²) in [7, 11) is 0. The van der Waals surface area contributed by atoms with Gasteiger partial charge >= 0.3 is 0 Å². The molecule has 0 aliphatic heterocycles. The van der Waals surface area contributed by atoms with Crippen molar-refractivity contribution in [3.05, 3.63) is 64.7 Å². The molecule has 2 aromatic carbocycles. The minimum atomic E-state index is -0.123. The monoisotopic (exact) mass is 275 g/mol. The number of halogens is 1. The first-order valence-corrected chi connectivity index (χ1v) is 6.81. The molecular formula is C16H18ClNO. The van der Waals surface area contributed by atoms with Gasteiger partial charge in [0.2, 0.25) is 0 Å². The molecule has 0 aromatic heterocycles. The summed E-state index contributed by atoms with van der Waals surface area (Å²) in [5, 5.41) is 0.756. The van der Waals surface area contributed by atoms with Gasteiger partial charge in [-0.25, -0.2) is 0 Å². The van der Waals surface area contributed by atoms with Crippen LogP contribution in [-0.2, 0) is 6.42 Å². The maximum atomic E-state index is 6.29.